The first-order valence-electron chi connectivity index (χ1n) is 8.80. The van der Waals surface area contributed by atoms with Crippen molar-refractivity contribution in [2.24, 2.45) is 0 Å². The first-order valence-corrected chi connectivity index (χ1v) is 8.80. The summed E-state index contributed by atoms with van der Waals surface area (Å²) >= 11 is 0. The number of ether oxygens (including phenoxy) is 1. The molecule has 0 aliphatic carbocycles. The van der Waals surface area contributed by atoms with Crippen LogP contribution >= 0.6 is 0 Å². The molecule has 2 N–H and O–H groups in total. The van der Waals surface area contributed by atoms with Gasteiger partial charge in [0.05, 0.1) is 7.11 Å². The van der Waals surface area contributed by atoms with Crippen LogP contribution in [-0.4, -0.2) is 29.7 Å². The molecule has 7 heteroatoms. The zero-order valence-electron chi connectivity index (χ0n) is 15.9. The normalized spacial score (nSPS) is 10.1. The second kappa shape index (κ2) is 8.79. The van der Waals surface area contributed by atoms with E-state index < -0.39 is 5.91 Å². The zero-order chi connectivity index (χ0) is 20.8. The molecule has 2 amide bonds. The van der Waals surface area contributed by atoms with Gasteiger partial charge in [0.1, 0.15) is 11.4 Å². The quantitative estimate of drug-likeness (QED) is 0.625. The zero-order valence-corrected chi connectivity index (χ0v) is 15.9. The monoisotopic (exact) mass is 389 g/mol. The van der Waals surface area contributed by atoms with Crippen LogP contribution in [0.3, 0.4) is 0 Å². The molecule has 2 aromatic carbocycles. The fourth-order valence-electron chi connectivity index (χ4n) is 2.56. The molecule has 0 aliphatic rings. The average molecular weight is 389 g/mol. The number of ketones is 1. The number of amides is 2. The smallest absolute Gasteiger partial charge is 0.274 e. The van der Waals surface area contributed by atoms with Gasteiger partial charge >= 0.3 is 0 Å². The van der Waals surface area contributed by atoms with Crippen molar-refractivity contribution in [3.63, 3.8) is 0 Å². The third kappa shape index (κ3) is 5.04. The molecule has 0 saturated heterocycles. The maximum absolute atomic E-state index is 12.5. The molecule has 0 unspecified atom stereocenters. The van der Waals surface area contributed by atoms with Crippen LogP contribution in [0.1, 0.15) is 38.1 Å². The van der Waals surface area contributed by atoms with Gasteiger partial charge in [0, 0.05) is 28.7 Å². The number of aromatic nitrogens is 1. The number of pyridine rings is 1. The summed E-state index contributed by atoms with van der Waals surface area (Å²) in [6.45, 7) is 1.47. The minimum Gasteiger partial charge on any atom is -0.497 e. The summed E-state index contributed by atoms with van der Waals surface area (Å²) in [6, 6.07) is 16.4. The second-order valence-electron chi connectivity index (χ2n) is 6.20. The van der Waals surface area contributed by atoms with E-state index in [2.05, 4.69) is 15.6 Å². The highest BCUT2D eigenvalue weighted by Gasteiger charge is 2.13. The lowest BCUT2D eigenvalue weighted by atomic mass is 10.1. The van der Waals surface area contributed by atoms with Crippen molar-refractivity contribution < 1.29 is 19.1 Å². The number of benzene rings is 2. The van der Waals surface area contributed by atoms with Crippen LogP contribution in [0.4, 0.5) is 11.4 Å². The van der Waals surface area contributed by atoms with Gasteiger partial charge in [-0.15, -0.1) is 0 Å². The number of hydrogen-bond donors (Lipinski definition) is 2. The van der Waals surface area contributed by atoms with Crippen LogP contribution in [0.5, 0.6) is 5.75 Å². The van der Waals surface area contributed by atoms with Gasteiger partial charge < -0.3 is 15.4 Å². The predicted molar refractivity (Wildman–Crippen MR) is 110 cm³/mol. The highest BCUT2D eigenvalue weighted by molar-refractivity contribution is 6.08. The Labute approximate surface area is 167 Å². The van der Waals surface area contributed by atoms with Gasteiger partial charge in [-0.05, 0) is 67.6 Å². The summed E-state index contributed by atoms with van der Waals surface area (Å²) in [7, 11) is 1.56. The first kappa shape index (κ1) is 19.8. The Bertz CT molecular complexity index is 1040. The number of Topliss-reactive ketones (excluding diaryl/α,β-unsaturated/α-hetero) is 1. The van der Waals surface area contributed by atoms with Crippen LogP contribution in [0.25, 0.3) is 0 Å². The standard InChI is InChI=1S/C22H19N3O4/c1-14(26)15-3-5-17(6-4-15)25-22(28)20-13-16(11-12-23-20)21(27)24-18-7-9-19(29-2)10-8-18/h3-13H,1-2H3,(H,24,27)(H,25,28). The third-order valence-corrected chi connectivity index (χ3v) is 4.15. The van der Waals surface area contributed by atoms with Crippen molar-refractivity contribution in [2.75, 3.05) is 17.7 Å². The molecule has 29 heavy (non-hydrogen) atoms. The number of nitrogens with one attached hydrogen (secondary N) is 2. The van der Waals surface area contributed by atoms with Gasteiger partial charge in [0.25, 0.3) is 11.8 Å². The van der Waals surface area contributed by atoms with Gasteiger partial charge in [0.2, 0.25) is 0 Å². The Morgan fingerprint density at radius 1 is 0.793 bits per heavy atom. The molecule has 0 bridgehead atoms. The molecule has 0 saturated carbocycles. The summed E-state index contributed by atoms with van der Waals surface area (Å²) in [4.78, 5) is 40.3. The van der Waals surface area contributed by atoms with Crippen molar-refractivity contribution in [1.82, 2.24) is 4.98 Å². The van der Waals surface area contributed by atoms with E-state index in [1.165, 1.54) is 25.3 Å². The number of methoxy groups -OCH3 is 1. The van der Waals surface area contributed by atoms with Crippen LogP contribution in [-0.2, 0) is 0 Å². The molecule has 3 aromatic rings. The molecule has 1 aromatic heterocycles. The molecule has 3 rings (SSSR count). The molecular weight excluding hydrogens is 370 g/mol. The van der Waals surface area contributed by atoms with E-state index in [4.69, 9.17) is 4.74 Å². The highest BCUT2D eigenvalue weighted by Crippen LogP contribution is 2.16. The van der Waals surface area contributed by atoms with E-state index in [9.17, 15) is 14.4 Å². The summed E-state index contributed by atoms with van der Waals surface area (Å²) in [5.41, 5.74) is 2.08. The van der Waals surface area contributed by atoms with Crippen molar-refractivity contribution in [2.45, 2.75) is 6.92 Å². The molecular formula is C22H19N3O4. The van der Waals surface area contributed by atoms with Crippen molar-refractivity contribution in [3.05, 3.63) is 83.7 Å². The van der Waals surface area contributed by atoms with Crippen LogP contribution < -0.4 is 15.4 Å². The number of rotatable bonds is 6. The molecule has 0 fully saturated rings. The topological polar surface area (TPSA) is 97.4 Å². The summed E-state index contributed by atoms with van der Waals surface area (Å²) in [5.74, 6) is -0.195. The van der Waals surface area contributed by atoms with E-state index in [1.807, 2.05) is 0 Å². The molecule has 0 aliphatic heterocycles. The summed E-state index contributed by atoms with van der Waals surface area (Å²) < 4.78 is 5.09. The molecule has 7 nitrogen and oxygen atoms in total. The summed E-state index contributed by atoms with van der Waals surface area (Å²) in [5, 5.41) is 5.45. The molecule has 0 atom stereocenters. The average Bonchev–Trinajstić information content (AvgIpc) is 2.74. The van der Waals surface area contributed by atoms with Crippen LogP contribution in [0.2, 0.25) is 0 Å². The number of carbonyl (C=O) groups is 3. The Morgan fingerprint density at radius 3 is 1.97 bits per heavy atom. The largest absolute Gasteiger partial charge is 0.497 e. The lowest BCUT2D eigenvalue weighted by Crippen LogP contribution is -2.17. The number of anilines is 2. The molecule has 146 valence electrons. The van der Waals surface area contributed by atoms with E-state index in [-0.39, 0.29) is 17.4 Å². The van der Waals surface area contributed by atoms with Crippen molar-refractivity contribution in [1.29, 1.82) is 0 Å². The van der Waals surface area contributed by atoms with Crippen molar-refractivity contribution in [3.8, 4) is 5.75 Å². The maximum Gasteiger partial charge on any atom is 0.274 e. The van der Waals surface area contributed by atoms with Gasteiger partial charge in [-0.25, -0.2) is 0 Å². The lowest BCUT2D eigenvalue weighted by Gasteiger charge is -2.08. The molecule has 1 heterocycles. The van der Waals surface area contributed by atoms with Gasteiger partial charge in [0.15, 0.2) is 5.78 Å². The second-order valence-corrected chi connectivity index (χ2v) is 6.20. The SMILES string of the molecule is COc1ccc(NC(=O)c2ccnc(C(=O)Nc3ccc(C(C)=O)cc3)c2)cc1. The van der Waals surface area contributed by atoms with Crippen LogP contribution in [0.15, 0.2) is 66.9 Å². The van der Waals surface area contributed by atoms with Gasteiger partial charge in [-0.3, -0.25) is 19.4 Å². The van der Waals surface area contributed by atoms with E-state index >= 15 is 0 Å². The fourth-order valence-corrected chi connectivity index (χ4v) is 2.56. The van der Waals surface area contributed by atoms with E-state index in [0.29, 0.717) is 28.3 Å². The maximum atomic E-state index is 12.5. The van der Waals surface area contributed by atoms with Gasteiger partial charge in [-0.2, -0.15) is 0 Å². The fraction of sp³-hybridized carbons (Fsp3) is 0.0909. The minimum atomic E-state index is -0.459. The van der Waals surface area contributed by atoms with Crippen LogP contribution in [0, 0.1) is 0 Å². The number of hydrogen-bond acceptors (Lipinski definition) is 5. The Balaban J connectivity index is 1.69. The Morgan fingerprint density at radius 2 is 1.38 bits per heavy atom. The highest BCUT2D eigenvalue weighted by atomic mass is 16.5. The first-order chi connectivity index (χ1) is 14.0. The lowest BCUT2D eigenvalue weighted by molar-refractivity contribution is 0.101. The third-order valence-electron chi connectivity index (χ3n) is 4.15. The van der Waals surface area contributed by atoms with Gasteiger partial charge in [-0.1, -0.05) is 0 Å². The number of carbonyl (C=O) groups excluding carboxylic acids is 3. The van der Waals surface area contributed by atoms with E-state index in [0.717, 1.165) is 0 Å². The Hall–Kier alpha value is -4.00. The number of nitrogens with zero attached hydrogens (tertiary/aromatic N) is 1. The summed E-state index contributed by atoms with van der Waals surface area (Å²) in [6.07, 6.45) is 1.40. The van der Waals surface area contributed by atoms with E-state index in [1.54, 1.807) is 55.6 Å². The molecule has 0 spiro atoms. The Kier molecular flexibility index (Phi) is 5.99. The predicted octanol–water partition coefficient (Wildman–Crippen LogP) is 3.80. The molecule has 0 radical (unpaired) electrons. The van der Waals surface area contributed by atoms with Crippen molar-refractivity contribution >= 4 is 29.0 Å². The minimum absolute atomic E-state index is 0.0554.